The molecule has 9 nitrogen and oxygen atoms in total. The van der Waals surface area contributed by atoms with E-state index in [2.05, 4.69) is 10.3 Å². The van der Waals surface area contributed by atoms with E-state index in [4.69, 9.17) is 5.73 Å². The average Bonchev–Trinajstić information content (AvgIpc) is 3.46. The van der Waals surface area contributed by atoms with E-state index in [0.717, 1.165) is 16.6 Å². The Hall–Kier alpha value is -2.19. The molecule has 1 saturated heterocycles. The molecule has 13 heteroatoms. The highest BCUT2D eigenvalue weighted by atomic mass is 32.2. The quantitative estimate of drug-likeness (QED) is 0.475. The number of hydrogen-bond acceptors (Lipinski definition) is 10. The fourth-order valence-electron chi connectivity index (χ4n) is 3.30. The van der Waals surface area contributed by atoms with Gasteiger partial charge >= 0.3 is 5.97 Å². The van der Waals surface area contributed by atoms with E-state index in [-0.39, 0.29) is 16.6 Å². The molecule has 4 heterocycles. The lowest BCUT2D eigenvalue weighted by molar-refractivity contribution is -0.150. The van der Waals surface area contributed by atoms with Crippen LogP contribution in [0.25, 0.3) is 0 Å². The second kappa shape index (κ2) is 9.35. The van der Waals surface area contributed by atoms with Crippen molar-refractivity contribution in [1.29, 1.82) is 0 Å². The summed E-state index contributed by atoms with van der Waals surface area (Å²) < 4.78 is 0. The summed E-state index contributed by atoms with van der Waals surface area (Å²) in [6.07, 6.45) is 1.61. The topological polar surface area (TPSA) is 143 Å². The summed E-state index contributed by atoms with van der Waals surface area (Å²) in [5.74, 6) is -1.77. The van der Waals surface area contributed by atoms with Crippen LogP contribution in [-0.2, 0) is 14.4 Å². The smallest absolute Gasteiger partial charge is 0.352 e. The highest BCUT2D eigenvalue weighted by Crippen LogP contribution is 2.41. The first kappa shape index (κ1) is 23.0. The molecule has 1 fully saturated rings. The summed E-state index contributed by atoms with van der Waals surface area (Å²) in [7, 11) is 0. The number of rotatable bonds is 7. The highest BCUT2D eigenvalue weighted by molar-refractivity contribution is 8.14. The molecule has 3 atom stereocenters. The monoisotopic (exact) mass is 510 g/mol. The Morgan fingerprint density at radius 1 is 1.44 bits per heavy atom. The van der Waals surface area contributed by atoms with Gasteiger partial charge in [-0.2, -0.15) is 11.3 Å². The number of amides is 2. The van der Waals surface area contributed by atoms with Crippen molar-refractivity contribution >= 4 is 69.1 Å². The normalized spacial score (nSPS) is 21.1. The molecule has 0 saturated carbocycles. The first-order valence-electron chi connectivity index (χ1n) is 9.35. The van der Waals surface area contributed by atoms with Gasteiger partial charge in [-0.3, -0.25) is 19.3 Å². The summed E-state index contributed by atoms with van der Waals surface area (Å²) in [4.78, 5) is 55.6. The number of nitrogens with zero attached hydrogens (tertiary/aromatic N) is 2. The van der Waals surface area contributed by atoms with Crippen molar-refractivity contribution in [3.63, 3.8) is 0 Å². The van der Waals surface area contributed by atoms with E-state index in [9.17, 15) is 24.3 Å². The Labute approximate surface area is 199 Å². The Morgan fingerprint density at radius 3 is 2.84 bits per heavy atom. The van der Waals surface area contributed by atoms with Gasteiger partial charge in [0, 0.05) is 22.6 Å². The predicted octanol–water partition coefficient (Wildman–Crippen LogP) is 1.83. The van der Waals surface area contributed by atoms with Crippen LogP contribution in [0.3, 0.4) is 0 Å². The van der Waals surface area contributed by atoms with Gasteiger partial charge in [-0.1, -0.05) is 11.8 Å². The molecule has 32 heavy (non-hydrogen) atoms. The zero-order valence-corrected chi connectivity index (χ0v) is 19.9. The molecule has 0 radical (unpaired) electrons. The van der Waals surface area contributed by atoms with Crippen LogP contribution in [0.4, 0.5) is 0 Å². The summed E-state index contributed by atoms with van der Waals surface area (Å²) in [6.45, 7) is 1.85. The van der Waals surface area contributed by atoms with Gasteiger partial charge < -0.3 is 16.2 Å². The number of thiophene rings is 1. The number of carbonyl (C=O) groups is 4. The molecule has 2 aromatic heterocycles. The lowest BCUT2D eigenvalue weighted by atomic mass is 10.0. The Bertz CT molecular complexity index is 1110. The number of carbonyl (C=O) groups excluding carboxylic acids is 3. The largest absolute Gasteiger partial charge is 0.477 e. The van der Waals surface area contributed by atoms with E-state index in [1.54, 1.807) is 23.0 Å². The minimum atomic E-state index is -1.24. The number of thioether (sulfide) groups is 2. The fourth-order valence-corrected chi connectivity index (χ4v) is 7.10. The maximum atomic E-state index is 12.7. The molecule has 4 rings (SSSR count). The predicted molar refractivity (Wildman–Crippen MR) is 125 cm³/mol. The third kappa shape index (κ3) is 4.35. The van der Waals surface area contributed by atoms with Gasteiger partial charge in [-0.25, -0.2) is 9.78 Å². The maximum Gasteiger partial charge on any atom is 0.352 e. The fraction of sp³-hybridized carbons (Fsp3) is 0.316. The number of carboxylic acids is 1. The molecule has 2 aromatic rings. The van der Waals surface area contributed by atoms with E-state index in [0.29, 0.717) is 21.9 Å². The summed E-state index contributed by atoms with van der Waals surface area (Å²) >= 11 is 5.00. The zero-order chi connectivity index (χ0) is 23.0. The molecule has 168 valence electrons. The number of thiazole rings is 1. The number of aromatic nitrogens is 1. The summed E-state index contributed by atoms with van der Waals surface area (Å²) in [5, 5.41) is 15.5. The molecule has 2 unspecified atom stereocenters. The van der Waals surface area contributed by atoms with Crippen LogP contribution in [0, 0.1) is 6.92 Å². The molecule has 2 amide bonds. The second-order valence-corrected chi connectivity index (χ2v) is 11.1. The van der Waals surface area contributed by atoms with Gasteiger partial charge in [0.05, 0.1) is 0 Å². The molecule has 0 bridgehead atoms. The third-order valence-electron chi connectivity index (χ3n) is 4.91. The van der Waals surface area contributed by atoms with E-state index in [1.807, 2.05) is 6.92 Å². The van der Waals surface area contributed by atoms with Crippen LogP contribution < -0.4 is 11.1 Å². The standard InChI is InChI=1S/C19H18N4O5S4/c1-8-4-21-15(32-8)19(28)31-7-10-6-30-17-12(16(25)23(17)13(10)18(26)27)22-14(24)11(20)9-2-3-29-5-9/h2-5,11-12,17H,6-7,20H2,1H3,(H,22,24)(H,26,27)/t11?,12?,17-/m0/s1. The third-order valence-corrected chi connectivity index (χ3v) is 8.94. The first-order chi connectivity index (χ1) is 15.3. The SMILES string of the molecule is Cc1cnc(C(=O)SCC2=C(C(=O)O)N3C(=O)C(NC(=O)C(N)c4ccsc4)[C@@H]3SC2)s1. The number of aliphatic carboxylic acids is 1. The molecule has 0 aliphatic carbocycles. The second-order valence-electron chi connectivity index (χ2n) is 7.04. The lowest BCUT2D eigenvalue weighted by Gasteiger charge is -2.49. The number of aryl methyl sites for hydroxylation is 1. The van der Waals surface area contributed by atoms with Crippen LogP contribution in [0.2, 0.25) is 0 Å². The first-order valence-corrected chi connectivity index (χ1v) is 13.1. The number of β-lactam (4-membered cyclic amide) rings is 1. The van der Waals surface area contributed by atoms with Gasteiger partial charge in [-0.15, -0.1) is 23.1 Å². The highest BCUT2D eigenvalue weighted by Gasteiger charge is 2.54. The molecular formula is C19H18N4O5S4. The number of nitrogens with one attached hydrogen (secondary N) is 1. The molecular weight excluding hydrogens is 493 g/mol. The van der Waals surface area contributed by atoms with Gasteiger partial charge in [0.2, 0.25) is 11.0 Å². The number of carboxylic acid groups (broad SMARTS) is 1. The Morgan fingerprint density at radius 2 is 2.22 bits per heavy atom. The van der Waals surface area contributed by atoms with Crippen molar-refractivity contribution in [1.82, 2.24) is 15.2 Å². The van der Waals surface area contributed by atoms with Crippen molar-refractivity contribution in [2.24, 2.45) is 5.73 Å². The van der Waals surface area contributed by atoms with Crippen LogP contribution in [0.1, 0.15) is 26.3 Å². The van der Waals surface area contributed by atoms with Crippen molar-refractivity contribution in [2.75, 3.05) is 11.5 Å². The Balaban J connectivity index is 1.44. The van der Waals surface area contributed by atoms with Gasteiger partial charge in [0.1, 0.15) is 23.2 Å². The molecule has 2 aliphatic heterocycles. The van der Waals surface area contributed by atoms with Gasteiger partial charge in [-0.05, 0) is 34.9 Å². The summed E-state index contributed by atoms with van der Waals surface area (Å²) in [5.41, 5.74) is 6.97. The van der Waals surface area contributed by atoms with Crippen LogP contribution >= 0.6 is 46.2 Å². The number of nitrogens with two attached hydrogens (primary N) is 1. The van der Waals surface area contributed by atoms with Crippen LogP contribution in [-0.4, -0.2) is 60.8 Å². The number of hydrogen-bond donors (Lipinski definition) is 3. The van der Waals surface area contributed by atoms with Gasteiger partial charge in [0.15, 0.2) is 5.01 Å². The number of fused-ring (bicyclic) bond motifs is 1. The van der Waals surface area contributed by atoms with Crippen molar-refractivity contribution in [2.45, 2.75) is 24.4 Å². The average molecular weight is 511 g/mol. The van der Waals surface area contributed by atoms with E-state index < -0.39 is 35.2 Å². The summed E-state index contributed by atoms with van der Waals surface area (Å²) in [6, 6.07) is -0.0118. The van der Waals surface area contributed by atoms with Crippen molar-refractivity contribution < 1.29 is 24.3 Å². The lowest BCUT2D eigenvalue weighted by Crippen LogP contribution is -2.71. The molecule has 4 N–H and O–H groups in total. The van der Waals surface area contributed by atoms with Gasteiger partial charge in [0.25, 0.3) is 5.91 Å². The molecule has 0 aromatic carbocycles. The van der Waals surface area contributed by atoms with Crippen LogP contribution in [0.5, 0.6) is 0 Å². The van der Waals surface area contributed by atoms with Crippen molar-refractivity contribution in [3.8, 4) is 0 Å². The minimum absolute atomic E-state index is 0.123. The van der Waals surface area contributed by atoms with E-state index in [1.165, 1.54) is 39.3 Å². The van der Waals surface area contributed by atoms with Crippen molar-refractivity contribution in [3.05, 3.63) is 49.7 Å². The van der Waals surface area contributed by atoms with E-state index >= 15 is 0 Å². The Kier molecular flexibility index (Phi) is 6.72. The minimum Gasteiger partial charge on any atom is -0.477 e. The molecule has 0 spiro atoms. The zero-order valence-electron chi connectivity index (χ0n) is 16.6. The van der Waals surface area contributed by atoms with Crippen LogP contribution in [0.15, 0.2) is 34.3 Å². The molecule has 2 aliphatic rings. The maximum absolute atomic E-state index is 12.7.